The van der Waals surface area contributed by atoms with Gasteiger partial charge in [-0.2, -0.15) is 5.26 Å². The molecule has 0 aromatic heterocycles. The molecular weight excluding hydrogens is 194 g/mol. The van der Waals surface area contributed by atoms with E-state index in [-0.39, 0.29) is 0 Å². The molecular formula is C11H9NO3. The molecule has 0 spiro atoms. The summed E-state index contributed by atoms with van der Waals surface area (Å²) in [4.78, 5) is 11.3. The first-order valence-corrected chi connectivity index (χ1v) is 4.47. The molecule has 2 atom stereocenters. The van der Waals surface area contributed by atoms with Crippen molar-refractivity contribution < 1.29 is 14.3 Å². The third-order valence-corrected chi connectivity index (χ3v) is 2.37. The fraction of sp³-hybridized carbons (Fsp3) is 0.273. The molecule has 0 amide bonds. The van der Waals surface area contributed by atoms with Crippen molar-refractivity contribution in [3.8, 4) is 6.07 Å². The average Bonchev–Trinajstić information content (AvgIpc) is 3.05. The van der Waals surface area contributed by atoms with Gasteiger partial charge >= 0.3 is 5.97 Å². The molecule has 2 unspecified atom stereocenters. The fourth-order valence-corrected chi connectivity index (χ4v) is 1.52. The van der Waals surface area contributed by atoms with Gasteiger partial charge in [0.1, 0.15) is 12.2 Å². The van der Waals surface area contributed by atoms with Crippen molar-refractivity contribution in [1.82, 2.24) is 0 Å². The van der Waals surface area contributed by atoms with Gasteiger partial charge in [0.05, 0.1) is 7.11 Å². The summed E-state index contributed by atoms with van der Waals surface area (Å²) in [7, 11) is 1.24. The number of carbonyl (C=O) groups excluding carboxylic acids is 1. The van der Waals surface area contributed by atoms with E-state index < -0.39 is 17.7 Å². The van der Waals surface area contributed by atoms with Gasteiger partial charge in [0.15, 0.2) is 0 Å². The van der Waals surface area contributed by atoms with Crippen LogP contribution in [0.5, 0.6) is 0 Å². The SMILES string of the molecule is COC(=O)C1(C#N)OC1c1ccccc1. The van der Waals surface area contributed by atoms with E-state index in [2.05, 4.69) is 4.74 Å². The minimum atomic E-state index is -1.43. The Kier molecular flexibility index (Phi) is 2.18. The number of epoxide rings is 1. The Bertz CT molecular complexity index is 423. The van der Waals surface area contributed by atoms with E-state index in [1.807, 2.05) is 36.4 Å². The first kappa shape index (κ1) is 9.69. The van der Waals surface area contributed by atoms with Crippen LogP contribution in [-0.2, 0) is 14.3 Å². The number of hydrogen-bond donors (Lipinski definition) is 0. The van der Waals surface area contributed by atoms with Crippen molar-refractivity contribution in [1.29, 1.82) is 5.26 Å². The highest BCUT2D eigenvalue weighted by Crippen LogP contribution is 2.49. The molecule has 4 nitrogen and oxygen atoms in total. The molecule has 1 saturated heterocycles. The minimum absolute atomic E-state index is 0.504. The van der Waals surface area contributed by atoms with Crippen LogP contribution in [0.4, 0.5) is 0 Å². The number of nitriles is 1. The summed E-state index contributed by atoms with van der Waals surface area (Å²) in [5, 5.41) is 8.91. The first-order valence-electron chi connectivity index (χ1n) is 4.47. The zero-order valence-corrected chi connectivity index (χ0v) is 8.14. The van der Waals surface area contributed by atoms with Gasteiger partial charge in [0, 0.05) is 0 Å². The van der Waals surface area contributed by atoms with Gasteiger partial charge in [0.2, 0.25) is 0 Å². The van der Waals surface area contributed by atoms with Gasteiger partial charge in [-0.05, 0) is 5.56 Å². The summed E-state index contributed by atoms with van der Waals surface area (Å²) in [6.07, 6.45) is -0.504. The largest absolute Gasteiger partial charge is 0.466 e. The number of hydrogen-bond acceptors (Lipinski definition) is 4. The molecule has 2 rings (SSSR count). The van der Waals surface area contributed by atoms with Crippen molar-refractivity contribution >= 4 is 5.97 Å². The highest BCUT2D eigenvalue weighted by molar-refractivity contribution is 5.87. The molecule has 0 bridgehead atoms. The highest BCUT2D eigenvalue weighted by Gasteiger charge is 2.65. The smallest absolute Gasteiger partial charge is 0.356 e. The molecule has 1 aromatic carbocycles. The Morgan fingerprint density at radius 3 is 2.73 bits per heavy atom. The molecule has 1 heterocycles. The standard InChI is InChI=1S/C11H9NO3/c1-14-10(13)11(7-12)9(15-11)8-5-3-2-4-6-8/h2-6,9H,1H3. The van der Waals surface area contributed by atoms with Crippen molar-refractivity contribution in [2.24, 2.45) is 0 Å². The third-order valence-electron chi connectivity index (χ3n) is 2.37. The molecule has 0 aliphatic carbocycles. The van der Waals surface area contributed by atoms with E-state index >= 15 is 0 Å². The topological polar surface area (TPSA) is 62.6 Å². The molecule has 76 valence electrons. The number of rotatable bonds is 2. The quantitative estimate of drug-likeness (QED) is 0.535. The first-order chi connectivity index (χ1) is 7.24. The predicted molar refractivity (Wildman–Crippen MR) is 50.6 cm³/mol. The van der Waals surface area contributed by atoms with Gasteiger partial charge in [-0.1, -0.05) is 30.3 Å². The molecule has 0 N–H and O–H groups in total. The zero-order valence-electron chi connectivity index (χ0n) is 8.14. The highest BCUT2D eigenvalue weighted by atomic mass is 16.7. The summed E-state index contributed by atoms with van der Waals surface area (Å²) < 4.78 is 9.69. The third kappa shape index (κ3) is 1.37. The van der Waals surface area contributed by atoms with E-state index in [9.17, 15) is 4.79 Å². The Balaban J connectivity index is 2.25. The number of benzene rings is 1. The van der Waals surface area contributed by atoms with Crippen LogP contribution in [0.2, 0.25) is 0 Å². The molecule has 4 heteroatoms. The lowest BCUT2D eigenvalue weighted by Gasteiger charge is -2.00. The van der Waals surface area contributed by atoms with E-state index in [0.29, 0.717) is 0 Å². The average molecular weight is 203 g/mol. The number of esters is 1. The summed E-state index contributed by atoms with van der Waals surface area (Å²) in [6.45, 7) is 0. The van der Waals surface area contributed by atoms with Gasteiger partial charge in [-0.25, -0.2) is 4.79 Å². The Morgan fingerprint density at radius 1 is 1.53 bits per heavy atom. The molecule has 0 saturated carbocycles. The molecule has 1 aliphatic rings. The van der Waals surface area contributed by atoms with Crippen LogP contribution in [-0.4, -0.2) is 18.7 Å². The van der Waals surface area contributed by atoms with Gasteiger partial charge in [-0.3, -0.25) is 0 Å². The van der Waals surface area contributed by atoms with Crippen LogP contribution in [0.1, 0.15) is 11.7 Å². The molecule has 0 radical (unpaired) electrons. The lowest BCUT2D eigenvalue weighted by Crippen LogP contribution is -2.24. The van der Waals surface area contributed by atoms with E-state index in [1.165, 1.54) is 7.11 Å². The molecule has 1 fully saturated rings. The normalized spacial score (nSPS) is 27.9. The Morgan fingerprint density at radius 2 is 2.20 bits per heavy atom. The maximum atomic E-state index is 11.3. The van der Waals surface area contributed by atoms with Crippen molar-refractivity contribution in [2.45, 2.75) is 11.7 Å². The monoisotopic (exact) mass is 203 g/mol. The van der Waals surface area contributed by atoms with Crippen LogP contribution < -0.4 is 0 Å². The van der Waals surface area contributed by atoms with Crippen LogP contribution in [0, 0.1) is 11.3 Å². The second-order valence-electron chi connectivity index (χ2n) is 3.25. The van der Waals surface area contributed by atoms with E-state index in [1.54, 1.807) is 0 Å². The maximum absolute atomic E-state index is 11.3. The van der Waals surface area contributed by atoms with Crippen LogP contribution in [0.15, 0.2) is 30.3 Å². The van der Waals surface area contributed by atoms with Crippen LogP contribution in [0.25, 0.3) is 0 Å². The number of nitrogens with zero attached hydrogens (tertiary/aromatic N) is 1. The van der Waals surface area contributed by atoms with E-state index in [4.69, 9.17) is 10.00 Å². The number of carbonyl (C=O) groups is 1. The second kappa shape index (κ2) is 3.37. The zero-order chi connectivity index (χ0) is 10.9. The second-order valence-corrected chi connectivity index (χ2v) is 3.25. The molecule has 1 aliphatic heterocycles. The van der Waals surface area contributed by atoms with Crippen molar-refractivity contribution in [3.05, 3.63) is 35.9 Å². The van der Waals surface area contributed by atoms with Gasteiger partial charge in [0.25, 0.3) is 5.60 Å². The summed E-state index contributed by atoms with van der Waals surface area (Å²) in [6, 6.07) is 11.0. The summed E-state index contributed by atoms with van der Waals surface area (Å²) in [5.74, 6) is -0.640. The maximum Gasteiger partial charge on any atom is 0.356 e. The fourth-order valence-electron chi connectivity index (χ4n) is 1.52. The van der Waals surface area contributed by atoms with Gasteiger partial charge < -0.3 is 9.47 Å². The van der Waals surface area contributed by atoms with Crippen LogP contribution >= 0.6 is 0 Å². The van der Waals surface area contributed by atoms with Crippen molar-refractivity contribution in [3.63, 3.8) is 0 Å². The lowest BCUT2D eigenvalue weighted by atomic mass is 10.0. The molecule has 15 heavy (non-hydrogen) atoms. The molecule has 1 aromatic rings. The predicted octanol–water partition coefficient (Wildman–Crippen LogP) is 1.19. The Hall–Kier alpha value is -1.86. The number of ether oxygens (including phenoxy) is 2. The minimum Gasteiger partial charge on any atom is -0.466 e. The van der Waals surface area contributed by atoms with E-state index in [0.717, 1.165) is 5.56 Å². The Labute approximate surface area is 87.0 Å². The summed E-state index contributed by atoms with van der Waals surface area (Å²) >= 11 is 0. The van der Waals surface area contributed by atoms with Crippen LogP contribution in [0.3, 0.4) is 0 Å². The summed E-state index contributed by atoms with van der Waals surface area (Å²) in [5.41, 5.74) is -0.625. The number of methoxy groups -OCH3 is 1. The van der Waals surface area contributed by atoms with Crippen molar-refractivity contribution in [2.75, 3.05) is 7.11 Å². The lowest BCUT2D eigenvalue weighted by molar-refractivity contribution is -0.144. The van der Waals surface area contributed by atoms with Gasteiger partial charge in [-0.15, -0.1) is 0 Å².